The monoisotopic (exact) mass is 275 g/mol. The minimum absolute atomic E-state index is 0.0173. The van der Waals surface area contributed by atoms with Crippen molar-refractivity contribution in [2.75, 3.05) is 6.61 Å². The van der Waals surface area contributed by atoms with Gasteiger partial charge in [-0.3, -0.25) is 0 Å². The van der Waals surface area contributed by atoms with Crippen LogP contribution in [0.4, 0.5) is 0 Å². The highest BCUT2D eigenvalue weighted by Gasteiger charge is 2.35. The summed E-state index contributed by atoms with van der Waals surface area (Å²) in [4.78, 5) is 1.31. The van der Waals surface area contributed by atoms with E-state index in [0.29, 0.717) is 0 Å². The summed E-state index contributed by atoms with van der Waals surface area (Å²) in [7, 11) is 0. The molecule has 78 valence electrons. The van der Waals surface area contributed by atoms with Gasteiger partial charge in [-0.1, -0.05) is 0 Å². The molecule has 1 aromatic rings. The largest absolute Gasteiger partial charge is 0.394 e. The van der Waals surface area contributed by atoms with Crippen LogP contribution in [-0.2, 0) is 6.54 Å². The van der Waals surface area contributed by atoms with Crippen LogP contribution in [0.3, 0.4) is 0 Å². The number of rotatable bonds is 4. The molecule has 0 unspecified atom stereocenters. The van der Waals surface area contributed by atoms with Crippen LogP contribution < -0.4 is 5.32 Å². The van der Waals surface area contributed by atoms with Crippen LogP contribution in [0.15, 0.2) is 15.9 Å². The van der Waals surface area contributed by atoms with E-state index in [1.54, 1.807) is 11.3 Å². The number of aliphatic hydroxyl groups excluding tert-OH is 1. The van der Waals surface area contributed by atoms with Gasteiger partial charge in [0.2, 0.25) is 0 Å². The van der Waals surface area contributed by atoms with Crippen molar-refractivity contribution in [2.24, 2.45) is 0 Å². The Bertz CT molecular complexity index is 303. The van der Waals surface area contributed by atoms with Crippen molar-refractivity contribution in [3.63, 3.8) is 0 Å². The molecule has 0 spiro atoms. The third-order valence-corrected chi connectivity index (χ3v) is 4.85. The first-order valence-electron chi connectivity index (χ1n) is 4.83. The molecule has 2 rings (SSSR count). The minimum Gasteiger partial charge on any atom is -0.394 e. The van der Waals surface area contributed by atoms with Crippen LogP contribution in [-0.4, -0.2) is 17.3 Å². The number of hydrogen-bond acceptors (Lipinski definition) is 3. The fourth-order valence-corrected chi connectivity index (χ4v) is 3.15. The Kier molecular flexibility index (Phi) is 3.27. The van der Waals surface area contributed by atoms with Gasteiger partial charge in [0.25, 0.3) is 0 Å². The molecule has 1 saturated carbocycles. The SMILES string of the molecule is OCC1(NCc2sccc2Br)CCC1. The van der Waals surface area contributed by atoms with Crippen molar-refractivity contribution in [2.45, 2.75) is 31.3 Å². The first-order valence-corrected chi connectivity index (χ1v) is 6.51. The number of halogens is 1. The van der Waals surface area contributed by atoms with Gasteiger partial charge in [-0.2, -0.15) is 0 Å². The molecule has 0 saturated heterocycles. The van der Waals surface area contributed by atoms with Crippen molar-refractivity contribution in [1.82, 2.24) is 5.32 Å². The van der Waals surface area contributed by atoms with E-state index in [4.69, 9.17) is 0 Å². The molecule has 1 aliphatic carbocycles. The van der Waals surface area contributed by atoms with E-state index in [9.17, 15) is 5.11 Å². The molecule has 1 heterocycles. The first kappa shape index (κ1) is 10.6. The summed E-state index contributed by atoms with van der Waals surface area (Å²) in [6, 6.07) is 2.06. The highest BCUT2D eigenvalue weighted by molar-refractivity contribution is 9.10. The quantitative estimate of drug-likeness (QED) is 0.885. The van der Waals surface area contributed by atoms with Crippen LogP contribution in [0.5, 0.6) is 0 Å². The molecule has 1 aromatic heterocycles. The summed E-state index contributed by atoms with van der Waals surface area (Å²) in [6.07, 6.45) is 3.44. The lowest BCUT2D eigenvalue weighted by atomic mass is 9.77. The Morgan fingerprint density at radius 2 is 2.36 bits per heavy atom. The van der Waals surface area contributed by atoms with Crippen LogP contribution in [0, 0.1) is 0 Å². The topological polar surface area (TPSA) is 32.3 Å². The van der Waals surface area contributed by atoms with Gasteiger partial charge in [-0.15, -0.1) is 11.3 Å². The fourth-order valence-electron chi connectivity index (χ4n) is 1.71. The normalized spacial score (nSPS) is 19.3. The number of aliphatic hydroxyl groups is 1. The van der Waals surface area contributed by atoms with Gasteiger partial charge in [0.1, 0.15) is 0 Å². The lowest BCUT2D eigenvalue weighted by molar-refractivity contribution is 0.0874. The highest BCUT2D eigenvalue weighted by atomic mass is 79.9. The molecular weight excluding hydrogens is 262 g/mol. The standard InChI is InChI=1S/C10H14BrNOS/c11-8-2-5-14-9(8)6-12-10(7-13)3-1-4-10/h2,5,12-13H,1,3-4,6-7H2. The van der Waals surface area contributed by atoms with Crippen LogP contribution in [0.25, 0.3) is 0 Å². The lowest BCUT2D eigenvalue weighted by Gasteiger charge is -2.41. The molecule has 2 N–H and O–H groups in total. The van der Waals surface area contributed by atoms with Crippen LogP contribution in [0.2, 0.25) is 0 Å². The predicted octanol–water partition coefficient (Wildman–Crippen LogP) is 2.52. The maximum atomic E-state index is 9.26. The van der Waals surface area contributed by atoms with E-state index in [-0.39, 0.29) is 12.1 Å². The molecular formula is C10H14BrNOS. The highest BCUT2D eigenvalue weighted by Crippen LogP contribution is 2.32. The second kappa shape index (κ2) is 4.31. The third-order valence-electron chi connectivity index (χ3n) is 2.93. The van der Waals surface area contributed by atoms with Gasteiger partial charge in [0, 0.05) is 21.4 Å². The van der Waals surface area contributed by atoms with Crippen molar-refractivity contribution in [3.05, 3.63) is 20.8 Å². The molecule has 4 heteroatoms. The zero-order chi connectivity index (χ0) is 10.0. The molecule has 1 aliphatic rings. The van der Waals surface area contributed by atoms with Crippen LogP contribution >= 0.6 is 27.3 Å². The summed E-state index contributed by atoms with van der Waals surface area (Å²) >= 11 is 5.25. The summed E-state index contributed by atoms with van der Waals surface area (Å²) < 4.78 is 1.17. The van der Waals surface area contributed by atoms with Crippen LogP contribution in [0.1, 0.15) is 24.1 Å². The number of thiophene rings is 1. The van der Waals surface area contributed by atoms with Crippen molar-refractivity contribution in [1.29, 1.82) is 0 Å². The van der Waals surface area contributed by atoms with E-state index in [0.717, 1.165) is 19.4 Å². The van der Waals surface area contributed by atoms with E-state index < -0.39 is 0 Å². The molecule has 0 aromatic carbocycles. The average Bonchev–Trinajstić information content (AvgIpc) is 2.51. The minimum atomic E-state index is 0.0173. The number of hydrogen-bond donors (Lipinski definition) is 2. The summed E-state index contributed by atoms with van der Waals surface area (Å²) in [5, 5.41) is 14.8. The molecule has 0 bridgehead atoms. The Labute approximate surface area is 96.5 Å². The van der Waals surface area contributed by atoms with E-state index >= 15 is 0 Å². The smallest absolute Gasteiger partial charge is 0.0613 e. The van der Waals surface area contributed by atoms with E-state index in [2.05, 4.69) is 32.7 Å². The Morgan fingerprint density at radius 3 is 2.79 bits per heavy atom. The van der Waals surface area contributed by atoms with Gasteiger partial charge >= 0.3 is 0 Å². The van der Waals surface area contributed by atoms with Crippen molar-refractivity contribution >= 4 is 27.3 Å². The second-order valence-electron chi connectivity index (χ2n) is 3.84. The van der Waals surface area contributed by atoms with E-state index in [1.807, 2.05) is 0 Å². The first-order chi connectivity index (χ1) is 6.76. The van der Waals surface area contributed by atoms with Gasteiger partial charge < -0.3 is 10.4 Å². The molecule has 0 amide bonds. The maximum Gasteiger partial charge on any atom is 0.0613 e. The predicted molar refractivity (Wildman–Crippen MR) is 62.5 cm³/mol. The molecule has 1 fully saturated rings. The summed E-state index contributed by atoms with van der Waals surface area (Å²) in [5.41, 5.74) is 0.0173. The Balaban J connectivity index is 1.90. The van der Waals surface area contributed by atoms with Crippen molar-refractivity contribution < 1.29 is 5.11 Å². The third kappa shape index (κ3) is 2.03. The number of nitrogens with one attached hydrogen (secondary N) is 1. The fraction of sp³-hybridized carbons (Fsp3) is 0.600. The van der Waals surface area contributed by atoms with Gasteiger partial charge in [-0.05, 0) is 46.6 Å². The Morgan fingerprint density at radius 1 is 1.57 bits per heavy atom. The maximum absolute atomic E-state index is 9.26. The Hall–Kier alpha value is 0.100. The zero-order valence-electron chi connectivity index (χ0n) is 7.92. The summed E-state index contributed by atoms with van der Waals surface area (Å²) in [6.45, 7) is 1.12. The molecule has 0 atom stereocenters. The molecule has 0 aliphatic heterocycles. The van der Waals surface area contributed by atoms with E-state index in [1.165, 1.54) is 15.8 Å². The molecule has 14 heavy (non-hydrogen) atoms. The molecule has 2 nitrogen and oxygen atoms in total. The van der Waals surface area contributed by atoms with Gasteiger partial charge in [0.15, 0.2) is 0 Å². The second-order valence-corrected chi connectivity index (χ2v) is 5.69. The van der Waals surface area contributed by atoms with Gasteiger partial charge in [-0.25, -0.2) is 0 Å². The molecule has 0 radical (unpaired) electrons. The zero-order valence-corrected chi connectivity index (χ0v) is 10.3. The lowest BCUT2D eigenvalue weighted by Crippen LogP contribution is -2.53. The van der Waals surface area contributed by atoms with Crippen molar-refractivity contribution in [3.8, 4) is 0 Å². The summed E-state index contributed by atoms with van der Waals surface area (Å²) in [5.74, 6) is 0. The average molecular weight is 276 g/mol. The van der Waals surface area contributed by atoms with Gasteiger partial charge in [0.05, 0.1) is 6.61 Å².